The van der Waals surface area contributed by atoms with Crippen molar-refractivity contribution in [3.8, 4) is 23.6 Å². The van der Waals surface area contributed by atoms with Crippen LogP contribution in [-0.4, -0.2) is 51.7 Å². The van der Waals surface area contributed by atoms with Gasteiger partial charge in [0, 0.05) is 5.56 Å². The molecule has 2 aromatic heterocycles. The van der Waals surface area contributed by atoms with Crippen molar-refractivity contribution in [2.24, 2.45) is 0 Å². The molecular formula is C23H24FN5O5. The molecule has 0 aliphatic rings. The summed E-state index contributed by atoms with van der Waals surface area (Å²) in [5.74, 6) is -1.70. The quantitative estimate of drug-likeness (QED) is 0.494. The molecule has 3 aromatic rings. The highest BCUT2D eigenvalue weighted by Crippen LogP contribution is 2.36. The van der Waals surface area contributed by atoms with Gasteiger partial charge in [0.15, 0.2) is 5.69 Å². The second-order valence-corrected chi connectivity index (χ2v) is 7.44. The van der Waals surface area contributed by atoms with Crippen LogP contribution in [0.5, 0.6) is 11.9 Å². The third kappa shape index (κ3) is 4.53. The Kier molecular flexibility index (Phi) is 7.43. The summed E-state index contributed by atoms with van der Waals surface area (Å²) in [6.07, 6.45) is -0.0336. The third-order valence-corrected chi connectivity index (χ3v) is 5.00. The molecule has 0 saturated heterocycles. The number of ether oxygens (including phenoxy) is 3. The summed E-state index contributed by atoms with van der Waals surface area (Å²) >= 11 is 0. The number of aromatic nitrogens is 4. The number of methoxy groups -OCH3 is 2. The predicted octanol–water partition coefficient (Wildman–Crippen LogP) is 3.07. The number of nitrogens with zero attached hydrogens (tertiary/aromatic N) is 5. The normalized spacial score (nSPS) is 11.7. The van der Waals surface area contributed by atoms with E-state index in [9.17, 15) is 14.3 Å². The Hall–Kier alpha value is -4.04. The molecule has 2 heterocycles. The summed E-state index contributed by atoms with van der Waals surface area (Å²) in [6.45, 7) is 5.41. The van der Waals surface area contributed by atoms with Crippen molar-refractivity contribution in [1.82, 2.24) is 19.7 Å². The van der Waals surface area contributed by atoms with E-state index in [1.807, 2.05) is 13.8 Å². The van der Waals surface area contributed by atoms with Gasteiger partial charge in [0.2, 0.25) is 5.88 Å². The van der Waals surface area contributed by atoms with E-state index in [4.69, 9.17) is 19.5 Å². The summed E-state index contributed by atoms with van der Waals surface area (Å²) in [4.78, 5) is 21.1. The largest absolute Gasteiger partial charge is 0.479 e. The van der Waals surface area contributed by atoms with Crippen molar-refractivity contribution in [2.75, 3.05) is 20.8 Å². The Morgan fingerprint density at radius 1 is 1.29 bits per heavy atom. The fourth-order valence-corrected chi connectivity index (χ4v) is 3.50. The standard InChI is InChI=1S/C23H24FN5O5/c1-6-34-22(31)18-17(20(30)13-7-8-14(10-25)15(24)9-13)19(12(2)3)29(28-18)16-11-26-23(33-5)27-21(16)32-4/h7-9,11-12,20,30H,6H2,1-5H3. The van der Waals surface area contributed by atoms with Crippen LogP contribution < -0.4 is 9.47 Å². The molecule has 0 fully saturated rings. The van der Waals surface area contributed by atoms with Gasteiger partial charge in [-0.25, -0.2) is 18.9 Å². The molecule has 0 saturated carbocycles. The van der Waals surface area contributed by atoms with E-state index in [2.05, 4.69) is 15.1 Å². The van der Waals surface area contributed by atoms with Crippen molar-refractivity contribution in [3.05, 3.63) is 58.3 Å². The zero-order valence-corrected chi connectivity index (χ0v) is 19.4. The lowest BCUT2D eigenvalue weighted by Crippen LogP contribution is -2.13. The fourth-order valence-electron chi connectivity index (χ4n) is 3.50. The number of carbonyl (C=O) groups is 1. The van der Waals surface area contributed by atoms with Crippen LogP contribution in [-0.2, 0) is 4.74 Å². The second-order valence-electron chi connectivity index (χ2n) is 7.44. The lowest BCUT2D eigenvalue weighted by molar-refractivity contribution is 0.0513. The average molecular weight is 469 g/mol. The van der Waals surface area contributed by atoms with Gasteiger partial charge in [-0.1, -0.05) is 19.9 Å². The third-order valence-electron chi connectivity index (χ3n) is 5.00. The van der Waals surface area contributed by atoms with Gasteiger partial charge in [0.1, 0.15) is 23.7 Å². The molecule has 34 heavy (non-hydrogen) atoms. The van der Waals surface area contributed by atoms with Crippen molar-refractivity contribution in [2.45, 2.75) is 32.8 Å². The molecule has 1 aromatic carbocycles. The van der Waals surface area contributed by atoms with E-state index in [0.717, 1.165) is 6.07 Å². The first-order valence-corrected chi connectivity index (χ1v) is 10.4. The molecule has 10 nitrogen and oxygen atoms in total. The van der Waals surface area contributed by atoms with Crippen LogP contribution in [0.1, 0.15) is 65.7 Å². The molecular weight excluding hydrogens is 445 g/mol. The molecule has 11 heteroatoms. The summed E-state index contributed by atoms with van der Waals surface area (Å²) in [6, 6.07) is 5.54. The highest BCUT2D eigenvalue weighted by Gasteiger charge is 2.33. The number of benzene rings is 1. The van der Waals surface area contributed by atoms with Gasteiger partial charge in [-0.3, -0.25) is 0 Å². The summed E-state index contributed by atoms with van der Waals surface area (Å²) in [5, 5.41) is 24.7. The maximum atomic E-state index is 14.3. The van der Waals surface area contributed by atoms with E-state index in [-0.39, 0.29) is 46.8 Å². The van der Waals surface area contributed by atoms with Gasteiger partial charge in [-0.05, 0) is 30.5 Å². The summed E-state index contributed by atoms with van der Waals surface area (Å²) in [5.41, 5.74) is 0.688. The maximum Gasteiger partial charge on any atom is 0.359 e. The highest BCUT2D eigenvalue weighted by molar-refractivity contribution is 5.90. The summed E-state index contributed by atoms with van der Waals surface area (Å²) < 4.78 is 31.3. The smallest absolute Gasteiger partial charge is 0.359 e. The first kappa shape index (κ1) is 24.6. The number of hydrogen-bond donors (Lipinski definition) is 1. The Morgan fingerprint density at radius 2 is 2.03 bits per heavy atom. The monoisotopic (exact) mass is 469 g/mol. The molecule has 0 radical (unpaired) electrons. The molecule has 0 aliphatic carbocycles. The topological polar surface area (TPSA) is 132 Å². The van der Waals surface area contributed by atoms with Crippen LogP contribution in [0.15, 0.2) is 24.4 Å². The zero-order chi connectivity index (χ0) is 25.0. The van der Waals surface area contributed by atoms with Crippen LogP contribution in [0, 0.1) is 17.1 Å². The van der Waals surface area contributed by atoms with Crippen molar-refractivity contribution < 1.29 is 28.5 Å². The Balaban J connectivity index is 2.30. The lowest BCUT2D eigenvalue weighted by Gasteiger charge is -2.18. The lowest BCUT2D eigenvalue weighted by atomic mass is 9.94. The minimum atomic E-state index is -1.45. The minimum absolute atomic E-state index is 0.0674. The van der Waals surface area contributed by atoms with Crippen molar-refractivity contribution in [3.63, 3.8) is 0 Å². The van der Waals surface area contributed by atoms with Crippen molar-refractivity contribution in [1.29, 1.82) is 5.26 Å². The van der Waals surface area contributed by atoms with E-state index >= 15 is 0 Å². The molecule has 0 aliphatic heterocycles. The number of rotatable bonds is 8. The SMILES string of the molecule is CCOC(=O)c1nn(-c2cnc(OC)nc2OC)c(C(C)C)c1C(O)c1ccc(C#N)c(F)c1. The van der Waals surface area contributed by atoms with Gasteiger partial charge in [-0.2, -0.15) is 15.3 Å². The maximum absolute atomic E-state index is 14.3. The predicted molar refractivity (Wildman–Crippen MR) is 117 cm³/mol. The number of halogens is 1. The first-order chi connectivity index (χ1) is 16.3. The number of aliphatic hydroxyl groups is 1. The van der Waals surface area contributed by atoms with E-state index in [1.165, 1.54) is 37.2 Å². The molecule has 3 rings (SSSR count). The van der Waals surface area contributed by atoms with Gasteiger partial charge in [0.05, 0.1) is 38.3 Å². The molecule has 1 N–H and O–H groups in total. The Morgan fingerprint density at radius 3 is 2.59 bits per heavy atom. The van der Waals surface area contributed by atoms with E-state index in [1.54, 1.807) is 13.0 Å². The number of nitriles is 1. The molecule has 0 amide bonds. The van der Waals surface area contributed by atoms with E-state index in [0.29, 0.717) is 11.4 Å². The van der Waals surface area contributed by atoms with Crippen LogP contribution >= 0.6 is 0 Å². The second kappa shape index (κ2) is 10.3. The highest BCUT2D eigenvalue weighted by atomic mass is 19.1. The number of hydrogen-bond acceptors (Lipinski definition) is 9. The zero-order valence-electron chi connectivity index (χ0n) is 19.4. The number of esters is 1. The van der Waals surface area contributed by atoms with Gasteiger partial charge < -0.3 is 19.3 Å². The van der Waals surface area contributed by atoms with Crippen LogP contribution in [0.25, 0.3) is 5.69 Å². The van der Waals surface area contributed by atoms with Gasteiger partial charge in [0.25, 0.3) is 0 Å². The van der Waals surface area contributed by atoms with Gasteiger partial charge in [-0.15, -0.1) is 0 Å². The average Bonchev–Trinajstić information content (AvgIpc) is 3.24. The Labute approximate surface area is 195 Å². The van der Waals surface area contributed by atoms with Crippen LogP contribution in [0.3, 0.4) is 0 Å². The summed E-state index contributed by atoms with van der Waals surface area (Å²) in [7, 11) is 2.82. The van der Waals surface area contributed by atoms with Crippen LogP contribution in [0.4, 0.5) is 4.39 Å². The van der Waals surface area contributed by atoms with Gasteiger partial charge >= 0.3 is 12.0 Å². The number of aliphatic hydroxyl groups excluding tert-OH is 1. The fraction of sp³-hybridized carbons (Fsp3) is 0.348. The number of carbonyl (C=O) groups excluding carboxylic acids is 1. The molecule has 0 bridgehead atoms. The Bertz CT molecular complexity index is 1250. The molecule has 0 spiro atoms. The first-order valence-electron chi connectivity index (χ1n) is 10.4. The van der Waals surface area contributed by atoms with E-state index < -0.39 is 17.9 Å². The molecule has 1 atom stereocenters. The minimum Gasteiger partial charge on any atom is -0.479 e. The molecule has 1 unspecified atom stereocenters. The van der Waals surface area contributed by atoms with Crippen molar-refractivity contribution >= 4 is 5.97 Å². The molecule has 178 valence electrons. The van der Waals surface area contributed by atoms with Crippen LogP contribution in [0.2, 0.25) is 0 Å².